The highest BCUT2D eigenvalue weighted by Gasteiger charge is 2.30. The van der Waals surface area contributed by atoms with E-state index in [0.29, 0.717) is 12.1 Å². The van der Waals surface area contributed by atoms with E-state index in [-0.39, 0.29) is 17.4 Å². The molecule has 0 aromatic carbocycles. The Morgan fingerprint density at radius 2 is 1.73 bits per heavy atom. The first-order valence-corrected chi connectivity index (χ1v) is 9.84. The largest absolute Gasteiger partial charge is 0.509 e. The summed E-state index contributed by atoms with van der Waals surface area (Å²) in [7, 11) is 0. The molecule has 0 aromatic rings. The van der Waals surface area contributed by atoms with Gasteiger partial charge in [-0.1, -0.05) is 76.5 Å². The lowest BCUT2D eigenvalue weighted by Crippen LogP contribution is -2.34. The second kappa shape index (κ2) is 10.7. The Morgan fingerprint density at radius 3 is 2.42 bits per heavy atom. The number of nitrogens with one attached hydrogen (secondary N) is 1. The van der Waals surface area contributed by atoms with Crippen LogP contribution in [0.2, 0.25) is 0 Å². The van der Waals surface area contributed by atoms with Gasteiger partial charge >= 0.3 is 0 Å². The lowest BCUT2D eigenvalue weighted by Gasteiger charge is -2.22. The Kier molecular flexibility index (Phi) is 8.32. The van der Waals surface area contributed by atoms with E-state index in [1.807, 2.05) is 0 Å². The van der Waals surface area contributed by atoms with E-state index in [2.05, 4.69) is 17.2 Å². The molecule has 0 aromatic heterocycles. The van der Waals surface area contributed by atoms with Crippen LogP contribution in [-0.2, 0) is 9.59 Å². The molecule has 1 atom stereocenters. The molecule has 0 radical (unpaired) electrons. The SMILES string of the molecule is CCCCCCCCCCCC(=O)NC1=C(O)C2C=CC=CC2=NC1=O. The van der Waals surface area contributed by atoms with Crippen molar-refractivity contribution in [3.8, 4) is 0 Å². The zero-order valence-corrected chi connectivity index (χ0v) is 15.7. The van der Waals surface area contributed by atoms with Gasteiger partial charge in [0.2, 0.25) is 5.91 Å². The fraction of sp³-hybridized carbons (Fsp3) is 0.571. The third-order valence-electron chi connectivity index (χ3n) is 4.77. The van der Waals surface area contributed by atoms with Gasteiger partial charge in [0.05, 0.1) is 11.6 Å². The number of aliphatic hydroxyl groups excluding tert-OH is 1. The molecule has 2 rings (SSSR count). The van der Waals surface area contributed by atoms with E-state index in [9.17, 15) is 14.7 Å². The Labute approximate surface area is 156 Å². The number of allylic oxidation sites excluding steroid dienone is 4. The van der Waals surface area contributed by atoms with Gasteiger partial charge in [-0.2, -0.15) is 0 Å². The first-order valence-electron chi connectivity index (χ1n) is 9.84. The topological polar surface area (TPSA) is 78.8 Å². The number of carbonyl (C=O) groups is 2. The molecule has 142 valence electrons. The average Bonchev–Trinajstić information content (AvgIpc) is 2.64. The molecular weight excluding hydrogens is 328 g/mol. The van der Waals surface area contributed by atoms with Crippen LogP contribution >= 0.6 is 0 Å². The van der Waals surface area contributed by atoms with Gasteiger partial charge in [-0.3, -0.25) is 9.59 Å². The van der Waals surface area contributed by atoms with Gasteiger partial charge < -0.3 is 10.4 Å². The number of dihydropyridines is 1. The standard InChI is InChI=1S/C21H30N2O3/c1-2-3-4-5-6-7-8-9-10-15-18(24)23-19-20(25)16-13-11-12-14-17(16)22-21(19)26/h11-14,16,25H,2-10,15H2,1H3,(H,23,24). The van der Waals surface area contributed by atoms with Crippen molar-refractivity contribution in [3.05, 3.63) is 35.8 Å². The van der Waals surface area contributed by atoms with Gasteiger partial charge in [-0.15, -0.1) is 0 Å². The minimum atomic E-state index is -0.589. The molecule has 1 heterocycles. The minimum absolute atomic E-state index is 0.0837. The lowest BCUT2D eigenvalue weighted by atomic mass is 9.92. The zero-order chi connectivity index (χ0) is 18.8. The highest BCUT2D eigenvalue weighted by Crippen LogP contribution is 2.24. The maximum Gasteiger partial charge on any atom is 0.297 e. The maximum absolute atomic E-state index is 12.1. The molecule has 1 unspecified atom stereocenters. The number of carbonyl (C=O) groups excluding carboxylic acids is 2. The molecule has 0 bridgehead atoms. The number of unbranched alkanes of at least 4 members (excludes halogenated alkanes) is 8. The van der Waals surface area contributed by atoms with Crippen molar-refractivity contribution < 1.29 is 14.7 Å². The van der Waals surface area contributed by atoms with Crippen molar-refractivity contribution >= 4 is 17.5 Å². The van der Waals surface area contributed by atoms with E-state index < -0.39 is 11.8 Å². The number of rotatable bonds is 11. The predicted molar refractivity (Wildman–Crippen MR) is 104 cm³/mol. The molecule has 1 aliphatic carbocycles. The smallest absolute Gasteiger partial charge is 0.297 e. The third kappa shape index (κ3) is 5.97. The van der Waals surface area contributed by atoms with Gasteiger partial charge in [0.25, 0.3) is 5.91 Å². The maximum atomic E-state index is 12.1. The Morgan fingerprint density at radius 1 is 1.08 bits per heavy atom. The molecule has 0 saturated carbocycles. The van der Waals surface area contributed by atoms with Crippen LogP contribution in [0.3, 0.4) is 0 Å². The molecule has 1 aliphatic heterocycles. The van der Waals surface area contributed by atoms with Crippen molar-refractivity contribution in [2.24, 2.45) is 10.9 Å². The van der Waals surface area contributed by atoms with Crippen LogP contribution in [0.5, 0.6) is 0 Å². The van der Waals surface area contributed by atoms with Gasteiger partial charge in [-0.05, 0) is 12.5 Å². The number of fused-ring (bicyclic) bond motifs is 1. The quantitative estimate of drug-likeness (QED) is 0.533. The average molecular weight is 358 g/mol. The summed E-state index contributed by atoms with van der Waals surface area (Å²) in [6, 6.07) is 0. The molecule has 0 fully saturated rings. The molecule has 2 N–H and O–H groups in total. The fourth-order valence-corrected chi connectivity index (χ4v) is 3.22. The van der Waals surface area contributed by atoms with Crippen molar-refractivity contribution in [2.45, 2.75) is 71.1 Å². The Bertz CT molecular complexity index is 629. The molecule has 0 saturated heterocycles. The summed E-state index contributed by atoms with van der Waals surface area (Å²) in [5, 5.41) is 12.8. The monoisotopic (exact) mass is 358 g/mol. The van der Waals surface area contributed by atoms with Gasteiger partial charge in [-0.25, -0.2) is 4.99 Å². The van der Waals surface area contributed by atoms with Crippen LogP contribution in [-0.4, -0.2) is 22.6 Å². The molecule has 2 aliphatic rings. The van der Waals surface area contributed by atoms with Gasteiger partial charge in [0, 0.05) is 6.42 Å². The normalized spacial score (nSPS) is 18.7. The zero-order valence-electron chi connectivity index (χ0n) is 15.7. The Hall–Kier alpha value is -2.17. The van der Waals surface area contributed by atoms with Crippen molar-refractivity contribution in [3.63, 3.8) is 0 Å². The molecule has 2 amide bonds. The summed E-state index contributed by atoms with van der Waals surface area (Å²) in [4.78, 5) is 28.1. The summed E-state index contributed by atoms with van der Waals surface area (Å²) < 4.78 is 0. The minimum Gasteiger partial charge on any atom is -0.509 e. The van der Waals surface area contributed by atoms with E-state index >= 15 is 0 Å². The molecule has 5 nitrogen and oxygen atoms in total. The number of hydrogen-bond donors (Lipinski definition) is 2. The van der Waals surface area contributed by atoms with Crippen molar-refractivity contribution in [2.75, 3.05) is 0 Å². The first-order chi connectivity index (χ1) is 12.6. The second-order valence-corrected chi connectivity index (χ2v) is 6.95. The Balaban J connectivity index is 1.67. The summed E-state index contributed by atoms with van der Waals surface area (Å²) in [6.07, 6.45) is 18.0. The molecule has 5 heteroatoms. The van der Waals surface area contributed by atoms with Crippen LogP contribution in [0, 0.1) is 5.92 Å². The lowest BCUT2D eigenvalue weighted by molar-refractivity contribution is -0.123. The van der Waals surface area contributed by atoms with E-state index in [1.165, 1.54) is 38.5 Å². The highest BCUT2D eigenvalue weighted by atomic mass is 16.3. The highest BCUT2D eigenvalue weighted by molar-refractivity contribution is 6.14. The molecular formula is C21H30N2O3. The second-order valence-electron chi connectivity index (χ2n) is 6.95. The van der Waals surface area contributed by atoms with E-state index in [0.717, 1.165) is 19.3 Å². The summed E-state index contributed by atoms with van der Waals surface area (Å²) in [5.41, 5.74) is 0.423. The van der Waals surface area contributed by atoms with Crippen molar-refractivity contribution in [1.29, 1.82) is 0 Å². The van der Waals surface area contributed by atoms with Crippen LogP contribution in [0.15, 0.2) is 40.8 Å². The summed E-state index contributed by atoms with van der Waals surface area (Å²) in [6.45, 7) is 2.22. The first kappa shape index (κ1) is 20.1. The van der Waals surface area contributed by atoms with E-state index in [4.69, 9.17) is 0 Å². The molecule has 26 heavy (non-hydrogen) atoms. The predicted octanol–water partition coefficient (Wildman–Crippen LogP) is 4.52. The number of nitrogens with zero attached hydrogens (tertiary/aromatic N) is 1. The van der Waals surface area contributed by atoms with Crippen molar-refractivity contribution in [1.82, 2.24) is 5.32 Å². The van der Waals surface area contributed by atoms with Crippen LogP contribution in [0.25, 0.3) is 0 Å². The number of aliphatic imine (C=N–C) groups is 1. The third-order valence-corrected chi connectivity index (χ3v) is 4.77. The van der Waals surface area contributed by atoms with Gasteiger partial charge in [0.1, 0.15) is 11.5 Å². The van der Waals surface area contributed by atoms with Crippen LogP contribution in [0.1, 0.15) is 71.1 Å². The number of aliphatic hydroxyl groups is 1. The summed E-state index contributed by atoms with van der Waals surface area (Å²) in [5.74, 6) is -1.40. The fourth-order valence-electron chi connectivity index (χ4n) is 3.22. The van der Waals surface area contributed by atoms with Crippen LogP contribution < -0.4 is 5.32 Å². The molecule has 0 spiro atoms. The van der Waals surface area contributed by atoms with E-state index in [1.54, 1.807) is 24.3 Å². The van der Waals surface area contributed by atoms with Gasteiger partial charge in [0.15, 0.2) is 0 Å². The number of hydrogen-bond acceptors (Lipinski definition) is 3. The summed E-state index contributed by atoms with van der Waals surface area (Å²) >= 11 is 0. The number of amides is 2. The van der Waals surface area contributed by atoms with Crippen LogP contribution in [0.4, 0.5) is 0 Å².